The Morgan fingerprint density at radius 3 is 2.41 bits per heavy atom. The fourth-order valence-electron chi connectivity index (χ4n) is 2.93. The molecule has 0 unspecified atom stereocenters. The lowest BCUT2D eigenvalue weighted by atomic mass is 10.1. The van der Waals surface area contributed by atoms with Crippen molar-refractivity contribution in [2.75, 3.05) is 26.8 Å². The van der Waals surface area contributed by atoms with Crippen LogP contribution in [0.5, 0.6) is 11.5 Å². The van der Waals surface area contributed by atoms with Gasteiger partial charge in [-0.05, 0) is 42.8 Å². The average Bonchev–Trinajstić information content (AvgIpc) is 2.72. The van der Waals surface area contributed by atoms with Crippen molar-refractivity contribution in [3.8, 4) is 11.5 Å². The molecular formula is C21H28N2O5S. The Morgan fingerprint density at radius 1 is 1.07 bits per heavy atom. The normalized spacial score (nSPS) is 11.3. The maximum Gasteiger partial charge on any atom is 0.255 e. The summed E-state index contributed by atoms with van der Waals surface area (Å²) in [6.45, 7) is 6.98. The van der Waals surface area contributed by atoms with Gasteiger partial charge in [0, 0.05) is 19.6 Å². The van der Waals surface area contributed by atoms with Crippen LogP contribution in [0.2, 0.25) is 0 Å². The highest BCUT2D eigenvalue weighted by atomic mass is 32.2. The van der Waals surface area contributed by atoms with E-state index in [4.69, 9.17) is 9.47 Å². The zero-order chi connectivity index (χ0) is 21.4. The van der Waals surface area contributed by atoms with Crippen molar-refractivity contribution in [1.29, 1.82) is 0 Å². The van der Waals surface area contributed by atoms with Crippen LogP contribution < -0.4 is 14.8 Å². The summed E-state index contributed by atoms with van der Waals surface area (Å²) in [7, 11) is -2.24. The van der Waals surface area contributed by atoms with Gasteiger partial charge in [0.25, 0.3) is 5.91 Å². The number of methoxy groups -OCH3 is 1. The van der Waals surface area contributed by atoms with Crippen LogP contribution in [0.3, 0.4) is 0 Å². The van der Waals surface area contributed by atoms with Crippen molar-refractivity contribution in [2.24, 2.45) is 0 Å². The lowest BCUT2D eigenvalue weighted by Crippen LogP contribution is -2.31. The number of amides is 1. The van der Waals surface area contributed by atoms with E-state index < -0.39 is 15.9 Å². The van der Waals surface area contributed by atoms with Crippen LogP contribution >= 0.6 is 0 Å². The number of nitrogens with zero attached hydrogens (tertiary/aromatic N) is 1. The summed E-state index contributed by atoms with van der Waals surface area (Å²) in [6.07, 6.45) is 0. The van der Waals surface area contributed by atoms with Gasteiger partial charge in [0.05, 0.1) is 24.2 Å². The predicted octanol–water partition coefficient (Wildman–Crippen LogP) is 3.05. The van der Waals surface area contributed by atoms with Gasteiger partial charge in [0.2, 0.25) is 10.0 Å². The van der Waals surface area contributed by atoms with Gasteiger partial charge in [-0.1, -0.05) is 26.0 Å². The molecule has 158 valence electrons. The van der Waals surface area contributed by atoms with E-state index in [-0.39, 0.29) is 17.0 Å². The molecule has 0 saturated heterocycles. The Kier molecular flexibility index (Phi) is 8.04. The molecule has 1 amide bonds. The Labute approximate surface area is 172 Å². The van der Waals surface area contributed by atoms with Gasteiger partial charge in [0.1, 0.15) is 11.5 Å². The number of hydrogen-bond donors (Lipinski definition) is 1. The van der Waals surface area contributed by atoms with E-state index in [9.17, 15) is 13.2 Å². The van der Waals surface area contributed by atoms with E-state index in [0.717, 1.165) is 11.3 Å². The summed E-state index contributed by atoms with van der Waals surface area (Å²) in [5, 5.41) is 2.81. The van der Waals surface area contributed by atoms with E-state index in [2.05, 4.69) is 5.32 Å². The van der Waals surface area contributed by atoms with Crippen molar-refractivity contribution in [3.63, 3.8) is 0 Å². The molecule has 2 aromatic carbocycles. The Balaban J connectivity index is 2.26. The first-order valence-electron chi connectivity index (χ1n) is 9.55. The zero-order valence-electron chi connectivity index (χ0n) is 17.3. The van der Waals surface area contributed by atoms with E-state index in [1.165, 1.54) is 29.6 Å². The third-order valence-electron chi connectivity index (χ3n) is 4.42. The van der Waals surface area contributed by atoms with Gasteiger partial charge in [-0.15, -0.1) is 0 Å². The summed E-state index contributed by atoms with van der Waals surface area (Å²) >= 11 is 0. The van der Waals surface area contributed by atoms with Crippen LogP contribution in [0.1, 0.15) is 36.7 Å². The second-order valence-corrected chi connectivity index (χ2v) is 8.15. The highest BCUT2D eigenvalue weighted by molar-refractivity contribution is 7.89. The Hall–Kier alpha value is -2.58. The summed E-state index contributed by atoms with van der Waals surface area (Å²) in [5.74, 6) is 0.619. The summed E-state index contributed by atoms with van der Waals surface area (Å²) in [6, 6.07) is 11.7. The molecule has 0 heterocycles. The SMILES string of the molecule is CCOc1cccc(CNC(=O)c2cc(S(=O)(=O)N(CC)CC)ccc2OC)c1. The van der Waals surface area contributed by atoms with E-state index >= 15 is 0 Å². The Bertz CT molecular complexity index is 940. The van der Waals surface area contributed by atoms with Gasteiger partial charge in [-0.25, -0.2) is 8.42 Å². The molecule has 7 nitrogen and oxygen atoms in total. The molecule has 0 aromatic heterocycles. The molecule has 0 radical (unpaired) electrons. The quantitative estimate of drug-likeness (QED) is 0.639. The van der Waals surface area contributed by atoms with Crippen molar-refractivity contribution in [3.05, 3.63) is 53.6 Å². The smallest absolute Gasteiger partial charge is 0.255 e. The number of carbonyl (C=O) groups excluding carboxylic acids is 1. The monoisotopic (exact) mass is 420 g/mol. The summed E-state index contributed by atoms with van der Waals surface area (Å²) in [4.78, 5) is 12.8. The van der Waals surface area contributed by atoms with Gasteiger partial charge >= 0.3 is 0 Å². The van der Waals surface area contributed by atoms with Crippen molar-refractivity contribution in [2.45, 2.75) is 32.2 Å². The molecule has 8 heteroatoms. The van der Waals surface area contributed by atoms with E-state index in [0.29, 0.717) is 25.4 Å². The zero-order valence-corrected chi connectivity index (χ0v) is 18.1. The first kappa shape index (κ1) is 22.7. The fraction of sp³-hybridized carbons (Fsp3) is 0.381. The van der Waals surface area contributed by atoms with Gasteiger partial charge in [-0.2, -0.15) is 4.31 Å². The van der Waals surface area contributed by atoms with Crippen LogP contribution in [-0.2, 0) is 16.6 Å². The number of ether oxygens (including phenoxy) is 2. The lowest BCUT2D eigenvalue weighted by molar-refractivity contribution is 0.0947. The standard InChI is InChI=1S/C21H28N2O5S/c1-5-23(6-2)29(25,26)18-11-12-20(27-4)19(14-18)21(24)22-15-16-9-8-10-17(13-16)28-7-3/h8-14H,5-7,15H2,1-4H3,(H,22,24). The second kappa shape index (κ2) is 10.3. The predicted molar refractivity (Wildman–Crippen MR) is 112 cm³/mol. The number of benzene rings is 2. The second-order valence-electron chi connectivity index (χ2n) is 6.21. The molecule has 2 rings (SSSR count). The molecule has 1 N–H and O–H groups in total. The minimum Gasteiger partial charge on any atom is -0.496 e. The summed E-state index contributed by atoms with van der Waals surface area (Å²) < 4.78 is 37.6. The molecule has 0 fully saturated rings. The van der Waals surface area contributed by atoms with Crippen LogP contribution in [0.4, 0.5) is 0 Å². The molecular weight excluding hydrogens is 392 g/mol. The fourth-order valence-corrected chi connectivity index (χ4v) is 4.41. The summed E-state index contributed by atoms with van der Waals surface area (Å²) in [5.41, 5.74) is 1.04. The molecule has 2 aromatic rings. The van der Waals surface area contributed by atoms with Crippen LogP contribution in [0, 0.1) is 0 Å². The molecule has 0 aliphatic carbocycles. The van der Waals surface area contributed by atoms with E-state index in [1.807, 2.05) is 31.2 Å². The maximum atomic E-state index is 12.8. The molecule has 0 aliphatic heterocycles. The first-order chi connectivity index (χ1) is 13.9. The lowest BCUT2D eigenvalue weighted by Gasteiger charge is -2.19. The number of hydrogen-bond acceptors (Lipinski definition) is 5. The molecule has 0 atom stereocenters. The number of sulfonamides is 1. The average molecular weight is 421 g/mol. The van der Waals surface area contributed by atoms with Crippen LogP contribution in [0.25, 0.3) is 0 Å². The van der Waals surface area contributed by atoms with Crippen LogP contribution in [0.15, 0.2) is 47.4 Å². The molecule has 0 aliphatic rings. The number of rotatable bonds is 10. The van der Waals surface area contributed by atoms with Crippen molar-refractivity contribution >= 4 is 15.9 Å². The third-order valence-corrected chi connectivity index (χ3v) is 6.47. The Morgan fingerprint density at radius 2 is 1.79 bits per heavy atom. The largest absolute Gasteiger partial charge is 0.496 e. The van der Waals surface area contributed by atoms with Crippen molar-refractivity contribution in [1.82, 2.24) is 9.62 Å². The van der Waals surface area contributed by atoms with Crippen molar-refractivity contribution < 1.29 is 22.7 Å². The minimum atomic E-state index is -3.68. The maximum absolute atomic E-state index is 12.8. The molecule has 0 spiro atoms. The van der Waals surface area contributed by atoms with Gasteiger partial charge in [-0.3, -0.25) is 4.79 Å². The minimum absolute atomic E-state index is 0.0606. The highest BCUT2D eigenvalue weighted by Gasteiger charge is 2.24. The number of nitrogens with one attached hydrogen (secondary N) is 1. The first-order valence-corrected chi connectivity index (χ1v) is 11.0. The molecule has 29 heavy (non-hydrogen) atoms. The van der Waals surface area contributed by atoms with E-state index in [1.54, 1.807) is 13.8 Å². The highest BCUT2D eigenvalue weighted by Crippen LogP contribution is 2.25. The topological polar surface area (TPSA) is 84.9 Å². The molecule has 0 saturated carbocycles. The van der Waals surface area contributed by atoms with Gasteiger partial charge < -0.3 is 14.8 Å². The number of carbonyl (C=O) groups is 1. The molecule has 0 bridgehead atoms. The van der Waals surface area contributed by atoms with Gasteiger partial charge in [0.15, 0.2) is 0 Å². The van der Waals surface area contributed by atoms with Crippen LogP contribution in [-0.4, -0.2) is 45.4 Å². The third kappa shape index (κ3) is 5.48.